The van der Waals surface area contributed by atoms with Gasteiger partial charge in [-0.05, 0) is 37.3 Å². The van der Waals surface area contributed by atoms with Crippen LogP contribution in [0.3, 0.4) is 0 Å². The van der Waals surface area contributed by atoms with Gasteiger partial charge in [0.2, 0.25) is 12.7 Å². The third-order valence-electron chi connectivity index (χ3n) is 3.73. The fourth-order valence-corrected chi connectivity index (χ4v) is 2.65. The molecule has 0 fully saturated rings. The molecule has 0 N–H and O–H groups in total. The first-order chi connectivity index (χ1) is 11.8. The molecule has 0 saturated carbocycles. The van der Waals surface area contributed by atoms with Crippen molar-refractivity contribution in [1.82, 2.24) is 9.78 Å². The Morgan fingerprint density at radius 2 is 1.96 bits per heavy atom. The molecule has 122 valence electrons. The van der Waals surface area contributed by atoms with Crippen molar-refractivity contribution in [3.8, 4) is 34.3 Å². The van der Waals surface area contributed by atoms with Gasteiger partial charge < -0.3 is 14.2 Å². The monoisotopic (exact) mass is 326 g/mol. The highest BCUT2D eigenvalue weighted by Gasteiger charge is 2.19. The number of para-hydroxylation sites is 1. The summed E-state index contributed by atoms with van der Waals surface area (Å²) >= 11 is 0. The molecule has 1 aliphatic heterocycles. The fraction of sp³-hybridized carbons (Fsp3) is 0.167. The molecule has 5 nitrogen and oxygen atoms in total. The van der Waals surface area contributed by atoms with E-state index in [1.165, 1.54) is 10.7 Å². The highest BCUT2D eigenvalue weighted by molar-refractivity contribution is 5.67. The van der Waals surface area contributed by atoms with Crippen molar-refractivity contribution in [1.29, 1.82) is 0 Å². The topological polar surface area (TPSA) is 45.5 Å². The van der Waals surface area contributed by atoms with Gasteiger partial charge in [-0.15, -0.1) is 5.10 Å². The van der Waals surface area contributed by atoms with E-state index in [2.05, 4.69) is 5.10 Å². The van der Waals surface area contributed by atoms with Gasteiger partial charge in [-0.25, -0.2) is 9.07 Å². The van der Waals surface area contributed by atoms with E-state index in [4.69, 9.17) is 14.2 Å². The summed E-state index contributed by atoms with van der Waals surface area (Å²) in [4.78, 5) is 0. The first-order valence-electron chi connectivity index (χ1n) is 7.64. The Kier molecular flexibility index (Phi) is 3.57. The summed E-state index contributed by atoms with van der Waals surface area (Å²) in [5.74, 6) is 1.44. The second-order valence-corrected chi connectivity index (χ2v) is 5.23. The third kappa shape index (κ3) is 2.46. The number of fused-ring (bicyclic) bond motifs is 1. The van der Waals surface area contributed by atoms with Crippen molar-refractivity contribution in [3.05, 3.63) is 54.3 Å². The standard InChI is InChI=1S/C18H15FN2O3/c1-2-22-18-10-15(12-7-8-16-17(9-12)24-11-23-16)21(20-18)14-6-4-3-5-13(14)19/h3-10H,2,11H2,1H3. The highest BCUT2D eigenvalue weighted by atomic mass is 19.1. The zero-order valence-electron chi connectivity index (χ0n) is 13.0. The minimum Gasteiger partial charge on any atom is -0.477 e. The van der Waals surface area contributed by atoms with E-state index in [-0.39, 0.29) is 12.6 Å². The predicted octanol–water partition coefficient (Wildman–Crippen LogP) is 3.81. The maximum Gasteiger partial charge on any atom is 0.233 e. The Balaban J connectivity index is 1.86. The summed E-state index contributed by atoms with van der Waals surface area (Å²) in [7, 11) is 0. The molecule has 1 aliphatic rings. The molecule has 4 rings (SSSR count). The van der Waals surface area contributed by atoms with Gasteiger partial charge in [0, 0.05) is 11.6 Å². The molecule has 0 radical (unpaired) electrons. The molecule has 0 saturated heterocycles. The summed E-state index contributed by atoms with van der Waals surface area (Å²) in [5, 5.41) is 4.38. The molecule has 3 aromatic rings. The highest BCUT2D eigenvalue weighted by Crippen LogP contribution is 2.37. The van der Waals surface area contributed by atoms with Gasteiger partial charge in [0.15, 0.2) is 11.5 Å². The van der Waals surface area contributed by atoms with Crippen molar-refractivity contribution < 1.29 is 18.6 Å². The second kappa shape index (κ2) is 5.88. The molecule has 0 spiro atoms. The van der Waals surface area contributed by atoms with Crippen LogP contribution >= 0.6 is 0 Å². The van der Waals surface area contributed by atoms with E-state index in [9.17, 15) is 4.39 Å². The Hall–Kier alpha value is -3.02. The van der Waals surface area contributed by atoms with Crippen LogP contribution in [-0.2, 0) is 0 Å². The van der Waals surface area contributed by atoms with E-state index in [1.54, 1.807) is 24.3 Å². The van der Waals surface area contributed by atoms with Crippen LogP contribution in [-0.4, -0.2) is 23.2 Å². The molecule has 24 heavy (non-hydrogen) atoms. The summed E-state index contributed by atoms with van der Waals surface area (Å²) in [5.41, 5.74) is 1.90. The fourth-order valence-electron chi connectivity index (χ4n) is 2.65. The first kappa shape index (κ1) is 14.6. The lowest BCUT2D eigenvalue weighted by Gasteiger charge is -2.08. The normalized spacial score (nSPS) is 12.4. The molecule has 0 atom stereocenters. The molecule has 6 heteroatoms. The van der Waals surface area contributed by atoms with Crippen LogP contribution < -0.4 is 14.2 Å². The average Bonchev–Trinajstić information content (AvgIpc) is 3.21. The first-order valence-corrected chi connectivity index (χ1v) is 7.64. The van der Waals surface area contributed by atoms with Crippen molar-refractivity contribution >= 4 is 0 Å². The minimum atomic E-state index is -0.356. The van der Waals surface area contributed by atoms with Crippen molar-refractivity contribution in [3.63, 3.8) is 0 Å². The summed E-state index contributed by atoms with van der Waals surface area (Å²) in [6.45, 7) is 2.56. The maximum absolute atomic E-state index is 14.2. The number of hydrogen-bond donors (Lipinski definition) is 0. The Morgan fingerprint density at radius 3 is 2.79 bits per heavy atom. The number of hydrogen-bond acceptors (Lipinski definition) is 4. The van der Waals surface area contributed by atoms with Gasteiger partial charge in [0.1, 0.15) is 11.5 Å². The SMILES string of the molecule is CCOc1cc(-c2ccc3c(c2)OCO3)n(-c2ccccc2F)n1. The molecule has 0 bridgehead atoms. The largest absolute Gasteiger partial charge is 0.477 e. The van der Waals surface area contributed by atoms with Crippen LogP contribution in [0.2, 0.25) is 0 Å². The van der Waals surface area contributed by atoms with Crippen molar-refractivity contribution in [2.45, 2.75) is 6.92 Å². The van der Waals surface area contributed by atoms with Gasteiger partial charge in [-0.3, -0.25) is 0 Å². The Bertz CT molecular complexity index is 892. The van der Waals surface area contributed by atoms with Crippen LogP contribution in [0.4, 0.5) is 4.39 Å². The van der Waals surface area contributed by atoms with Gasteiger partial charge in [-0.2, -0.15) is 0 Å². The molecule has 1 aromatic heterocycles. The molecule has 2 heterocycles. The smallest absolute Gasteiger partial charge is 0.233 e. The average molecular weight is 326 g/mol. The quantitative estimate of drug-likeness (QED) is 0.731. The Labute approximate surface area is 138 Å². The second-order valence-electron chi connectivity index (χ2n) is 5.23. The summed E-state index contributed by atoms with van der Waals surface area (Å²) in [6.07, 6.45) is 0. The van der Waals surface area contributed by atoms with E-state index >= 15 is 0 Å². The molecular weight excluding hydrogens is 311 g/mol. The molecule has 0 amide bonds. The van der Waals surface area contributed by atoms with Crippen molar-refractivity contribution in [2.24, 2.45) is 0 Å². The summed E-state index contributed by atoms with van der Waals surface area (Å²) in [6, 6.07) is 13.8. The number of rotatable bonds is 4. The van der Waals surface area contributed by atoms with Crippen molar-refractivity contribution in [2.75, 3.05) is 13.4 Å². The van der Waals surface area contributed by atoms with Gasteiger partial charge in [0.05, 0.1) is 12.3 Å². The van der Waals surface area contributed by atoms with Crippen LogP contribution in [0.15, 0.2) is 48.5 Å². The number of aromatic nitrogens is 2. The lowest BCUT2D eigenvalue weighted by atomic mass is 10.1. The maximum atomic E-state index is 14.2. The van der Waals surface area contributed by atoms with E-state index in [0.717, 1.165) is 5.56 Å². The number of nitrogens with zero attached hydrogens (tertiary/aromatic N) is 2. The van der Waals surface area contributed by atoms with Crippen LogP contribution in [0.1, 0.15) is 6.92 Å². The molecule has 2 aromatic carbocycles. The number of benzene rings is 2. The summed E-state index contributed by atoms with van der Waals surface area (Å²) < 4.78 is 32.0. The zero-order valence-corrected chi connectivity index (χ0v) is 13.0. The Morgan fingerprint density at radius 1 is 1.12 bits per heavy atom. The van der Waals surface area contributed by atoms with Crippen LogP contribution in [0.25, 0.3) is 16.9 Å². The lowest BCUT2D eigenvalue weighted by Crippen LogP contribution is -2.02. The molecular formula is C18H15FN2O3. The third-order valence-corrected chi connectivity index (χ3v) is 3.73. The number of ether oxygens (including phenoxy) is 3. The lowest BCUT2D eigenvalue weighted by molar-refractivity contribution is 0.174. The van der Waals surface area contributed by atoms with E-state index in [0.29, 0.717) is 35.4 Å². The zero-order chi connectivity index (χ0) is 16.5. The van der Waals surface area contributed by atoms with Gasteiger partial charge in [-0.1, -0.05) is 12.1 Å². The van der Waals surface area contributed by atoms with Crippen LogP contribution in [0, 0.1) is 5.82 Å². The molecule has 0 aliphatic carbocycles. The number of halogens is 1. The van der Waals surface area contributed by atoms with Crippen LogP contribution in [0.5, 0.6) is 17.4 Å². The van der Waals surface area contributed by atoms with Gasteiger partial charge >= 0.3 is 0 Å². The van der Waals surface area contributed by atoms with E-state index in [1.807, 2.05) is 25.1 Å². The minimum absolute atomic E-state index is 0.204. The molecule has 0 unspecified atom stereocenters. The van der Waals surface area contributed by atoms with E-state index < -0.39 is 0 Å². The van der Waals surface area contributed by atoms with Gasteiger partial charge in [0.25, 0.3) is 0 Å². The predicted molar refractivity (Wildman–Crippen MR) is 86.3 cm³/mol.